The predicted octanol–water partition coefficient (Wildman–Crippen LogP) is 1.37. The summed E-state index contributed by atoms with van der Waals surface area (Å²) in [5.41, 5.74) is 0.977. The van der Waals surface area contributed by atoms with Crippen LogP contribution in [0.1, 0.15) is 31.3 Å². The van der Waals surface area contributed by atoms with Crippen molar-refractivity contribution in [1.29, 1.82) is 0 Å². The minimum Gasteiger partial charge on any atom is -0.493 e. The summed E-state index contributed by atoms with van der Waals surface area (Å²) in [7, 11) is 3.58. The zero-order chi connectivity index (χ0) is 11.3. The molecule has 4 nitrogen and oxygen atoms in total. The van der Waals surface area contributed by atoms with Gasteiger partial charge in [-0.05, 0) is 7.05 Å². The van der Waals surface area contributed by atoms with Crippen molar-refractivity contribution in [1.82, 2.24) is 15.3 Å². The normalized spacial score (nSPS) is 10.7. The lowest BCUT2D eigenvalue weighted by Crippen LogP contribution is -2.13. The highest BCUT2D eigenvalue weighted by molar-refractivity contribution is 5.25. The lowest BCUT2D eigenvalue weighted by atomic mass is 10.2. The first-order chi connectivity index (χ1) is 7.19. The Morgan fingerprint density at radius 3 is 2.73 bits per heavy atom. The molecule has 0 fully saturated rings. The number of hydrogen-bond acceptors (Lipinski definition) is 4. The molecule has 84 valence electrons. The monoisotopic (exact) mass is 209 g/mol. The third-order valence-electron chi connectivity index (χ3n) is 2.20. The molecule has 1 aromatic heterocycles. The number of ether oxygens (including phenoxy) is 1. The Kier molecular flexibility index (Phi) is 4.49. The first-order valence-electron chi connectivity index (χ1n) is 5.23. The molecule has 4 heteroatoms. The molecule has 1 aromatic rings. The largest absolute Gasteiger partial charge is 0.493 e. The Morgan fingerprint density at radius 2 is 2.20 bits per heavy atom. The molecule has 0 aliphatic carbocycles. The molecule has 0 aliphatic heterocycles. The van der Waals surface area contributed by atoms with E-state index in [9.17, 15) is 0 Å². The van der Waals surface area contributed by atoms with Crippen LogP contribution in [0.3, 0.4) is 0 Å². The van der Waals surface area contributed by atoms with Crippen molar-refractivity contribution in [3.63, 3.8) is 0 Å². The molecular formula is C11H19N3O. The van der Waals surface area contributed by atoms with Gasteiger partial charge in [0, 0.05) is 18.9 Å². The summed E-state index contributed by atoms with van der Waals surface area (Å²) in [6, 6.07) is 0. The average Bonchev–Trinajstić information content (AvgIpc) is 2.25. The van der Waals surface area contributed by atoms with E-state index in [-0.39, 0.29) is 0 Å². The van der Waals surface area contributed by atoms with Crippen LogP contribution in [-0.4, -0.2) is 30.7 Å². The number of aromatic nitrogens is 2. The van der Waals surface area contributed by atoms with Crippen LogP contribution in [0.25, 0.3) is 0 Å². The van der Waals surface area contributed by atoms with Crippen LogP contribution in [-0.2, 0) is 6.42 Å². The third kappa shape index (κ3) is 3.16. The number of rotatable bonds is 5. The van der Waals surface area contributed by atoms with Gasteiger partial charge in [-0.3, -0.25) is 0 Å². The minimum atomic E-state index is 0.351. The maximum atomic E-state index is 5.22. The van der Waals surface area contributed by atoms with Crippen molar-refractivity contribution < 1.29 is 4.74 Å². The molecule has 0 bridgehead atoms. The summed E-state index contributed by atoms with van der Waals surface area (Å²) in [5, 5.41) is 3.10. The lowest BCUT2D eigenvalue weighted by molar-refractivity contribution is 0.402. The van der Waals surface area contributed by atoms with Crippen LogP contribution in [0.4, 0.5) is 0 Å². The molecule has 0 saturated carbocycles. The highest BCUT2D eigenvalue weighted by Gasteiger charge is 2.09. The van der Waals surface area contributed by atoms with Gasteiger partial charge < -0.3 is 10.1 Å². The highest BCUT2D eigenvalue weighted by atomic mass is 16.5. The van der Waals surface area contributed by atoms with E-state index < -0.39 is 0 Å². The molecule has 0 spiro atoms. The maximum Gasteiger partial charge on any atom is 0.158 e. The van der Waals surface area contributed by atoms with E-state index in [1.165, 1.54) is 0 Å². The van der Waals surface area contributed by atoms with Gasteiger partial charge in [-0.1, -0.05) is 13.8 Å². The van der Waals surface area contributed by atoms with Crippen LogP contribution in [0.2, 0.25) is 0 Å². The zero-order valence-electron chi connectivity index (χ0n) is 9.87. The van der Waals surface area contributed by atoms with E-state index in [0.29, 0.717) is 5.92 Å². The molecule has 1 N–H and O–H groups in total. The molecular weight excluding hydrogens is 190 g/mol. The van der Waals surface area contributed by atoms with Gasteiger partial charge in [0.1, 0.15) is 5.82 Å². The molecule has 1 rings (SSSR count). The van der Waals surface area contributed by atoms with Gasteiger partial charge in [0.25, 0.3) is 0 Å². The fourth-order valence-electron chi connectivity index (χ4n) is 1.29. The molecule has 1 heterocycles. The predicted molar refractivity (Wildman–Crippen MR) is 60.3 cm³/mol. The fraction of sp³-hybridized carbons (Fsp3) is 0.636. The molecule has 0 atom stereocenters. The summed E-state index contributed by atoms with van der Waals surface area (Å²) in [5.74, 6) is 2.00. The number of hydrogen-bond donors (Lipinski definition) is 1. The number of methoxy groups -OCH3 is 1. The molecule has 15 heavy (non-hydrogen) atoms. The second kappa shape index (κ2) is 5.66. The van der Waals surface area contributed by atoms with Crippen molar-refractivity contribution in [2.45, 2.75) is 26.2 Å². The summed E-state index contributed by atoms with van der Waals surface area (Å²) < 4.78 is 5.22. The molecule has 0 unspecified atom stereocenters. The van der Waals surface area contributed by atoms with Crippen molar-refractivity contribution in [2.75, 3.05) is 20.7 Å². The van der Waals surface area contributed by atoms with Gasteiger partial charge in [-0.25, -0.2) is 9.97 Å². The van der Waals surface area contributed by atoms with Crippen LogP contribution >= 0.6 is 0 Å². The molecule has 0 aliphatic rings. The Hall–Kier alpha value is -1.16. The van der Waals surface area contributed by atoms with Gasteiger partial charge in [0.2, 0.25) is 0 Å². The first-order valence-corrected chi connectivity index (χ1v) is 5.23. The van der Waals surface area contributed by atoms with Crippen molar-refractivity contribution in [2.24, 2.45) is 0 Å². The second-order valence-corrected chi connectivity index (χ2v) is 3.75. The average molecular weight is 209 g/mol. The highest BCUT2D eigenvalue weighted by Crippen LogP contribution is 2.18. The molecule has 0 radical (unpaired) electrons. The summed E-state index contributed by atoms with van der Waals surface area (Å²) in [6.07, 6.45) is 2.62. The van der Waals surface area contributed by atoms with Gasteiger partial charge in [-0.2, -0.15) is 0 Å². The van der Waals surface area contributed by atoms with Crippen LogP contribution in [0.15, 0.2) is 6.20 Å². The van der Waals surface area contributed by atoms with E-state index in [0.717, 1.165) is 30.2 Å². The third-order valence-corrected chi connectivity index (χ3v) is 2.20. The van der Waals surface area contributed by atoms with Crippen LogP contribution in [0.5, 0.6) is 5.75 Å². The van der Waals surface area contributed by atoms with Gasteiger partial charge in [0.05, 0.1) is 19.0 Å². The number of likely N-dealkylation sites (N-methyl/N-ethyl adjacent to an activating group) is 1. The standard InChI is InChI=1S/C11H19N3O/c1-8(2)11-13-7-10(15-4)9(14-11)5-6-12-3/h7-8,12H,5-6H2,1-4H3. The van der Waals surface area contributed by atoms with Crippen LogP contribution in [0, 0.1) is 0 Å². The lowest BCUT2D eigenvalue weighted by Gasteiger charge is -2.10. The van der Waals surface area contributed by atoms with Crippen LogP contribution < -0.4 is 10.1 Å². The Bertz CT molecular complexity index is 313. The quantitative estimate of drug-likeness (QED) is 0.795. The summed E-state index contributed by atoms with van der Waals surface area (Å²) >= 11 is 0. The second-order valence-electron chi connectivity index (χ2n) is 3.75. The Morgan fingerprint density at radius 1 is 1.47 bits per heavy atom. The van der Waals surface area contributed by atoms with Crippen molar-refractivity contribution >= 4 is 0 Å². The molecule has 0 saturated heterocycles. The summed E-state index contributed by atoms with van der Waals surface area (Å²) in [6.45, 7) is 5.07. The van der Waals surface area contributed by atoms with E-state index in [4.69, 9.17) is 4.74 Å². The maximum absolute atomic E-state index is 5.22. The molecule has 0 amide bonds. The van der Waals surface area contributed by atoms with E-state index >= 15 is 0 Å². The smallest absolute Gasteiger partial charge is 0.158 e. The topological polar surface area (TPSA) is 47.0 Å². The van der Waals surface area contributed by atoms with Crippen molar-refractivity contribution in [3.05, 3.63) is 17.7 Å². The first kappa shape index (κ1) is 11.9. The SMILES string of the molecule is CNCCc1nc(C(C)C)ncc1OC. The Balaban J connectivity index is 2.91. The number of nitrogens with one attached hydrogen (secondary N) is 1. The van der Waals surface area contributed by atoms with Gasteiger partial charge in [0.15, 0.2) is 5.75 Å². The zero-order valence-corrected chi connectivity index (χ0v) is 9.87. The number of nitrogens with zero attached hydrogens (tertiary/aromatic N) is 2. The molecule has 0 aromatic carbocycles. The van der Waals surface area contributed by atoms with Gasteiger partial charge >= 0.3 is 0 Å². The van der Waals surface area contributed by atoms with E-state index in [1.54, 1.807) is 13.3 Å². The minimum absolute atomic E-state index is 0.351. The van der Waals surface area contributed by atoms with Crippen molar-refractivity contribution in [3.8, 4) is 5.75 Å². The van der Waals surface area contributed by atoms with E-state index in [2.05, 4.69) is 29.1 Å². The summed E-state index contributed by atoms with van der Waals surface area (Å²) in [4.78, 5) is 8.77. The van der Waals surface area contributed by atoms with Gasteiger partial charge in [-0.15, -0.1) is 0 Å². The Labute approximate surface area is 91.1 Å². The van der Waals surface area contributed by atoms with E-state index in [1.807, 2.05) is 7.05 Å². The fourth-order valence-corrected chi connectivity index (χ4v) is 1.29.